The van der Waals surface area contributed by atoms with Gasteiger partial charge in [0.2, 0.25) is 5.95 Å². The summed E-state index contributed by atoms with van der Waals surface area (Å²) in [6, 6.07) is 10.2. The van der Waals surface area contributed by atoms with Gasteiger partial charge in [-0.25, -0.2) is 4.98 Å². The fraction of sp³-hybridized carbons (Fsp3) is 0.412. The van der Waals surface area contributed by atoms with Gasteiger partial charge in [0.25, 0.3) is 0 Å². The molecular weight excluding hydrogens is 274 g/mol. The lowest BCUT2D eigenvalue weighted by molar-refractivity contribution is 0.573. The van der Waals surface area contributed by atoms with E-state index in [4.69, 9.17) is 0 Å². The summed E-state index contributed by atoms with van der Waals surface area (Å²) >= 11 is 0. The van der Waals surface area contributed by atoms with Gasteiger partial charge in [-0.05, 0) is 49.6 Å². The SMILES string of the molecule is CN(C)c1ccc(Nc2nccc(N3CCCCC3)n2)cc1. The van der Waals surface area contributed by atoms with Crippen LogP contribution in [0.4, 0.5) is 23.1 Å². The molecule has 3 rings (SSSR count). The van der Waals surface area contributed by atoms with E-state index in [1.54, 1.807) is 0 Å². The van der Waals surface area contributed by atoms with Gasteiger partial charge in [0.1, 0.15) is 5.82 Å². The molecule has 0 radical (unpaired) electrons. The Bertz CT molecular complexity index is 603. The molecule has 0 aliphatic carbocycles. The minimum absolute atomic E-state index is 0.653. The third-order valence-electron chi connectivity index (χ3n) is 3.96. The van der Waals surface area contributed by atoms with E-state index in [0.717, 1.165) is 24.6 Å². The summed E-state index contributed by atoms with van der Waals surface area (Å²) in [5, 5.41) is 3.28. The zero-order valence-corrected chi connectivity index (χ0v) is 13.3. The largest absolute Gasteiger partial charge is 0.378 e. The van der Waals surface area contributed by atoms with Crippen LogP contribution in [-0.2, 0) is 0 Å². The minimum Gasteiger partial charge on any atom is -0.378 e. The van der Waals surface area contributed by atoms with Crippen molar-refractivity contribution in [2.75, 3.05) is 42.3 Å². The lowest BCUT2D eigenvalue weighted by Crippen LogP contribution is -2.30. The van der Waals surface area contributed by atoms with Crippen molar-refractivity contribution >= 4 is 23.1 Å². The Balaban J connectivity index is 1.72. The Morgan fingerprint density at radius 3 is 2.41 bits per heavy atom. The standard InChI is InChI=1S/C17H23N5/c1-21(2)15-8-6-14(7-9-15)19-17-18-11-10-16(20-17)22-12-4-3-5-13-22/h6-11H,3-5,12-13H2,1-2H3,(H,18,19,20). The molecule has 0 amide bonds. The van der Waals surface area contributed by atoms with Gasteiger partial charge in [-0.2, -0.15) is 4.98 Å². The molecule has 0 spiro atoms. The first-order valence-electron chi connectivity index (χ1n) is 7.85. The van der Waals surface area contributed by atoms with Gasteiger partial charge in [-0.15, -0.1) is 0 Å². The third-order valence-corrected chi connectivity index (χ3v) is 3.96. The summed E-state index contributed by atoms with van der Waals surface area (Å²) < 4.78 is 0. The van der Waals surface area contributed by atoms with Gasteiger partial charge in [0, 0.05) is 44.8 Å². The normalized spacial score (nSPS) is 14.7. The lowest BCUT2D eigenvalue weighted by Gasteiger charge is -2.27. The van der Waals surface area contributed by atoms with Crippen LogP contribution in [0.25, 0.3) is 0 Å². The number of nitrogens with zero attached hydrogens (tertiary/aromatic N) is 4. The topological polar surface area (TPSA) is 44.3 Å². The molecule has 5 heteroatoms. The van der Waals surface area contributed by atoms with Gasteiger partial charge < -0.3 is 15.1 Å². The predicted molar refractivity (Wildman–Crippen MR) is 92.1 cm³/mol. The number of hydrogen-bond donors (Lipinski definition) is 1. The number of nitrogens with one attached hydrogen (secondary N) is 1. The van der Waals surface area contributed by atoms with Gasteiger partial charge in [-0.1, -0.05) is 0 Å². The number of benzene rings is 1. The van der Waals surface area contributed by atoms with Crippen LogP contribution in [0, 0.1) is 0 Å². The number of rotatable bonds is 4. The molecule has 22 heavy (non-hydrogen) atoms. The van der Waals surface area contributed by atoms with Crippen molar-refractivity contribution in [2.45, 2.75) is 19.3 Å². The Hall–Kier alpha value is -2.30. The smallest absolute Gasteiger partial charge is 0.229 e. The lowest BCUT2D eigenvalue weighted by atomic mass is 10.1. The first-order valence-corrected chi connectivity index (χ1v) is 7.85. The average molecular weight is 297 g/mol. The van der Waals surface area contributed by atoms with Gasteiger partial charge in [0.05, 0.1) is 0 Å². The first kappa shape index (κ1) is 14.6. The second-order valence-corrected chi connectivity index (χ2v) is 5.85. The van der Waals surface area contributed by atoms with Crippen molar-refractivity contribution in [1.82, 2.24) is 9.97 Å². The molecule has 2 aromatic rings. The van der Waals surface area contributed by atoms with Crippen molar-refractivity contribution in [3.05, 3.63) is 36.5 Å². The second kappa shape index (κ2) is 6.64. The summed E-state index contributed by atoms with van der Waals surface area (Å²) in [6.45, 7) is 2.18. The van der Waals surface area contributed by atoms with Crippen LogP contribution in [0.15, 0.2) is 36.5 Å². The fourth-order valence-electron chi connectivity index (χ4n) is 2.68. The first-order chi connectivity index (χ1) is 10.7. The van der Waals surface area contributed by atoms with E-state index in [1.807, 2.05) is 38.5 Å². The number of anilines is 4. The molecular formula is C17H23N5. The quantitative estimate of drug-likeness (QED) is 0.938. The summed E-state index contributed by atoms with van der Waals surface area (Å²) in [7, 11) is 4.07. The zero-order chi connectivity index (χ0) is 15.4. The highest BCUT2D eigenvalue weighted by Gasteiger charge is 2.12. The van der Waals surface area contributed by atoms with E-state index in [-0.39, 0.29) is 0 Å². The number of hydrogen-bond acceptors (Lipinski definition) is 5. The maximum atomic E-state index is 4.64. The van der Waals surface area contributed by atoms with Crippen LogP contribution in [0.5, 0.6) is 0 Å². The molecule has 5 nitrogen and oxygen atoms in total. The molecule has 0 saturated carbocycles. The van der Waals surface area contributed by atoms with Crippen LogP contribution < -0.4 is 15.1 Å². The molecule has 0 bridgehead atoms. The highest BCUT2D eigenvalue weighted by molar-refractivity contribution is 5.59. The molecule has 1 aliphatic rings. The summed E-state index contributed by atoms with van der Waals surface area (Å²) in [6.07, 6.45) is 5.65. The van der Waals surface area contributed by atoms with E-state index in [9.17, 15) is 0 Å². The molecule has 1 aromatic carbocycles. The van der Waals surface area contributed by atoms with E-state index in [0.29, 0.717) is 5.95 Å². The Labute approximate surface area is 132 Å². The number of piperidine rings is 1. The zero-order valence-electron chi connectivity index (χ0n) is 13.3. The van der Waals surface area contributed by atoms with Crippen LogP contribution in [0.3, 0.4) is 0 Å². The van der Waals surface area contributed by atoms with E-state index in [1.165, 1.54) is 24.9 Å². The Kier molecular flexibility index (Phi) is 4.42. The summed E-state index contributed by atoms with van der Waals surface area (Å²) in [4.78, 5) is 13.4. The van der Waals surface area contributed by atoms with Crippen molar-refractivity contribution < 1.29 is 0 Å². The highest BCUT2D eigenvalue weighted by atomic mass is 15.2. The van der Waals surface area contributed by atoms with E-state index in [2.05, 4.69) is 37.2 Å². The van der Waals surface area contributed by atoms with Crippen LogP contribution in [-0.4, -0.2) is 37.2 Å². The van der Waals surface area contributed by atoms with Crippen LogP contribution >= 0.6 is 0 Å². The fourth-order valence-corrected chi connectivity index (χ4v) is 2.68. The summed E-state index contributed by atoms with van der Waals surface area (Å²) in [5.74, 6) is 1.67. The molecule has 2 heterocycles. The van der Waals surface area contributed by atoms with Crippen molar-refractivity contribution in [3.63, 3.8) is 0 Å². The number of aromatic nitrogens is 2. The molecule has 1 aromatic heterocycles. The molecule has 1 aliphatic heterocycles. The highest BCUT2D eigenvalue weighted by Crippen LogP contribution is 2.21. The maximum Gasteiger partial charge on any atom is 0.229 e. The molecule has 1 N–H and O–H groups in total. The average Bonchev–Trinajstić information content (AvgIpc) is 2.56. The predicted octanol–water partition coefficient (Wildman–Crippen LogP) is 3.28. The van der Waals surface area contributed by atoms with Crippen LogP contribution in [0.2, 0.25) is 0 Å². The van der Waals surface area contributed by atoms with Gasteiger partial charge in [0.15, 0.2) is 0 Å². The Morgan fingerprint density at radius 2 is 1.73 bits per heavy atom. The maximum absolute atomic E-state index is 4.64. The Morgan fingerprint density at radius 1 is 1.00 bits per heavy atom. The minimum atomic E-state index is 0.653. The van der Waals surface area contributed by atoms with Gasteiger partial charge >= 0.3 is 0 Å². The third kappa shape index (κ3) is 3.47. The molecule has 0 unspecified atom stereocenters. The van der Waals surface area contributed by atoms with E-state index < -0.39 is 0 Å². The van der Waals surface area contributed by atoms with E-state index >= 15 is 0 Å². The molecule has 1 fully saturated rings. The van der Waals surface area contributed by atoms with Crippen LogP contribution in [0.1, 0.15) is 19.3 Å². The summed E-state index contributed by atoms with van der Waals surface area (Å²) in [5.41, 5.74) is 2.18. The molecule has 116 valence electrons. The van der Waals surface area contributed by atoms with Crippen molar-refractivity contribution in [2.24, 2.45) is 0 Å². The van der Waals surface area contributed by atoms with Gasteiger partial charge in [-0.3, -0.25) is 0 Å². The van der Waals surface area contributed by atoms with Crippen molar-refractivity contribution in [3.8, 4) is 0 Å². The second-order valence-electron chi connectivity index (χ2n) is 5.85. The van der Waals surface area contributed by atoms with Crippen molar-refractivity contribution in [1.29, 1.82) is 0 Å². The monoisotopic (exact) mass is 297 g/mol. The molecule has 0 atom stereocenters. The molecule has 1 saturated heterocycles.